The number of hydrogen-bond acceptors (Lipinski definition) is 1. The molecule has 4 heteroatoms. The Kier molecular flexibility index (Phi) is 9.86. The number of carboxylic acid groups (broad SMARTS) is 1. The predicted octanol–water partition coefficient (Wildman–Crippen LogP) is 7.12. The quantitative estimate of drug-likeness (QED) is 0.232. The third-order valence-corrected chi connectivity index (χ3v) is 14.1. The van der Waals surface area contributed by atoms with Crippen LogP contribution in [0.1, 0.15) is 64.2 Å². The van der Waals surface area contributed by atoms with E-state index in [4.69, 9.17) is 5.11 Å². The van der Waals surface area contributed by atoms with Gasteiger partial charge in [-0.05, 0) is 0 Å². The van der Waals surface area contributed by atoms with E-state index in [1.165, 1.54) is 61.7 Å². The van der Waals surface area contributed by atoms with Gasteiger partial charge < -0.3 is 5.11 Å². The fraction of sp³-hybridized carbons (Fsp3) is 0.480. The van der Waals surface area contributed by atoms with Gasteiger partial charge in [-0.3, -0.25) is 4.79 Å². The molecule has 0 saturated heterocycles. The number of aliphatic carboxylic acids is 1. The molecule has 0 unspecified atom stereocenters. The Hall–Kier alpha value is -1.18. The SMILES string of the molecule is CP(Br)(CCCCCCCCCCCC(=O)O)(c1ccccc1)c1ccccc1. The number of carbonyl (C=O) groups is 1. The van der Waals surface area contributed by atoms with E-state index in [1.54, 1.807) is 0 Å². The fourth-order valence-electron chi connectivity index (χ4n) is 4.04. The molecule has 0 bridgehead atoms. The van der Waals surface area contributed by atoms with E-state index in [-0.39, 0.29) is 0 Å². The zero-order chi connectivity index (χ0) is 21.0. The Bertz CT molecular complexity index is 688. The summed E-state index contributed by atoms with van der Waals surface area (Å²) in [4.78, 5) is 10.5. The summed E-state index contributed by atoms with van der Waals surface area (Å²) >= 11 is 4.32. The molecule has 0 saturated carbocycles. The zero-order valence-electron chi connectivity index (χ0n) is 17.7. The van der Waals surface area contributed by atoms with E-state index in [2.05, 4.69) is 82.8 Å². The van der Waals surface area contributed by atoms with Crippen LogP contribution in [0.15, 0.2) is 60.7 Å². The van der Waals surface area contributed by atoms with Crippen LogP contribution < -0.4 is 10.6 Å². The second kappa shape index (κ2) is 11.9. The van der Waals surface area contributed by atoms with Crippen LogP contribution in [0, 0.1) is 0 Å². The Balaban J connectivity index is 1.78. The molecule has 2 rings (SSSR count). The average molecular weight is 479 g/mol. The first-order valence-corrected chi connectivity index (χ1v) is 15.9. The van der Waals surface area contributed by atoms with Crippen LogP contribution in [-0.4, -0.2) is 23.9 Å². The van der Waals surface area contributed by atoms with Crippen molar-refractivity contribution in [2.45, 2.75) is 64.2 Å². The van der Waals surface area contributed by atoms with Crippen LogP contribution in [0.5, 0.6) is 0 Å². The molecule has 0 aliphatic heterocycles. The Labute approximate surface area is 184 Å². The number of benzene rings is 2. The van der Waals surface area contributed by atoms with Crippen LogP contribution >= 0.6 is 20.8 Å². The maximum absolute atomic E-state index is 10.5. The Morgan fingerprint density at radius 2 is 1.10 bits per heavy atom. The monoisotopic (exact) mass is 478 g/mol. The number of hydrogen-bond donors (Lipinski definition) is 1. The van der Waals surface area contributed by atoms with Crippen molar-refractivity contribution < 1.29 is 9.90 Å². The van der Waals surface area contributed by atoms with Gasteiger partial charge in [0.15, 0.2) is 0 Å². The van der Waals surface area contributed by atoms with E-state index in [9.17, 15) is 4.79 Å². The van der Waals surface area contributed by atoms with Crippen molar-refractivity contribution in [3.8, 4) is 0 Å². The molecule has 0 aliphatic carbocycles. The molecule has 0 aliphatic rings. The van der Waals surface area contributed by atoms with Gasteiger partial charge in [0.25, 0.3) is 0 Å². The first-order valence-electron chi connectivity index (χ1n) is 11.0. The molecular formula is C25H36BrO2P. The molecule has 2 aromatic rings. The summed E-state index contributed by atoms with van der Waals surface area (Å²) in [6.45, 7) is 2.45. The summed E-state index contributed by atoms with van der Waals surface area (Å²) in [7, 11) is 0. The summed E-state index contributed by atoms with van der Waals surface area (Å²) in [6, 6.07) is 21.9. The van der Waals surface area contributed by atoms with Crippen molar-refractivity contribution in [2.75, 3.05) is 12.8 Å². The van der Waals surface area contributed by atoms with Crippen LogP contribution in [0.4, 0.5) is 0 Å². The second-order valence-electron chi connectivity index (χ2n) is 8.37. The van der Waals surface area contributed by atoms with Gasteiger partial charge in [0.2, 0.25) is 0 Å². The van der Waals surface area contributed by atoms with E-state index in [0.29, 0.717) is 6.42 Å². The van der Waals surface area contributed by atoms with Crippen molar-refractivity contribution in [1.29, 1.82) is 0 Å². The summed E-state index contributed by atoms with van der Waals surface area (Å²) in [5.74, 6) is -0.670. The number of unbranched alkanes of at least 4 members (excludes halogenated alkanes) is 8. The summed E-state index contributed by atoms with van der Waals surface area (Å²) in [6.07, 6.45) is 12.1. The third kappa shape index (κ3) is 7.54. The molecular weight excluding hydrogens is 443 g/mol. The van der Waals surface area contributed by atoms with Crippen molar-refractivity contribution in [3.05, 3.63) is 60.7 Å². The van der Waals surface area contributed by atoms with Crippen LogP contribution in [0.2, 0.25) is 0 Å². The van der Waals surface area contributed by atoms with Crippen molar-refractivity contribution in [3.63, 3.8) is 0 Å². The minimum atomic E-state index is -2.33. The molecule has 0 fully saturated rings. The molecule has 160 valence electrons. The topological polar surface area (TPSA) is 37.3 Å². The maximum atomic E-state index is 10.5. The van der Waals surface area contributed by atoms with Gasteiger partial charge in [0, 0.05) is 0 Å². The predicted molar refractivity (Wildman–Crippen MR) is 133 cm³/mol. The first kappa shape index (κ1) is 24.1. The average Bonchev–Trinajstić information content (AvgIpc) is 2.73. The second-order valence-corrected chi connectivity index (χ2v) is 18.9. The van der Waals surface area contributed by atoms with Gasteiger partial charge in [-0.25, -0.2) is 0 Å². The van der Waals surface area contributed by atoms with Gasteiger partial charge in [-0.15, -0.1) is 0 Å². The van der Waals surface area contributed by atoms with Crippen LogP contribution in [-0.2, 0) is 4.79 Å². The number of carboxylic acids is 1. The molecule has 1 N–H and O–H groups in total. The van der Waals surface area contributed by atoms with Gasteiger partial charge in [0.05, 0.1) is 0 Å². The Morgan fingerprint density at radius 1 is 0.724 bits per heavy atom. The normalized spacial score (nSPS) is 13.0. The van der Waals surface area contributed by atoms with E-state index < -0.39 is 11.3 Å². The fourth-order valence-corrected chi connectivity index (χ4v) is 9.88. The number of rotatable bonds is 14. The zero-order valence-corrected chi connectivity index (χ0v) is 20.2. The van der Waals surface area contributed by atoms with Crippen molar-refractivity contribution >= 4 is 37.4 Å². The Morgan fingerprint density at radius 3 is 1.52 bits per heavy atom. The van der Waals surface area contributed by atoms with Gasteiger partial charge in [0.1, 0.15) is 0 Å². The van der Waals surface area contributed by atoms with E-state index in [1.807, 2.05) is 0 Å². The molecule has 0 atom stereocenters. The molecule has 0 spiro atoms. The van der Waals surface area contributed by atoms with Gasteiger partial charge >= 0.3 is 175 Å². The molecule has 0 aromatic heterocycles. The number of halogens is 1. The van der Waals surface area contributed by atoms with Crippen molar-refractivity contribution in [2.24, 2.45) is 0 Å². The summed E-state index contributed by atoms with van der Waals surface area (Å²) in [5.41, 5.74) is 0. The summed E-state index contributed by atoms with van der Waals surface area (Å²) < 4.78 is 0. The molecule has 2 aromatic carbocycles. The summed E-state index contributed by atoms with van der Waals surface area (Å²) in [5, 5.41) is 9.20. The van der Waals surface area contributed by atoms with Crippen LogP contribution in [0.3, 0.4) is 0 Å². The van der Waals surface area contributed by atoms with E-state index >= 15 is 0 Å². The van der Waals surface area contributed by atoms with Crippen LogP contribution in [0.25, 0.3) is 0 Å². The standard InChI is InChI=1S/C25H36BrO2P/c1-29(26,23-17-11-9-12-18-23,24-19-13-10-14-20-24)22-16-8-6-4-2-3-5-7-15-21-25(27)28/h9-14,17-20H,2-8,15-16,21-22H2,1H3,(H,27,28). The minimum absolute atomic E-state index is 0.318. The third-order valence-electron chi connectivity index (χ3n) is 5.93. The molecule has 0 radical (unpaired) electrons. The van der Waals surface area contributed by atoms with Gasteiger partial charge in [-0.2, -0.15) is 0 Å². The molecule has 0 heterocycles. The molecule has 2 nitrogen and oxygen atoms in total. The van der Waals surface area contributed by atoms with Crippen molar-refractivity contribution in [1.82, 2.24) is 0 Å². The van der Waals surface area contributed by atoms with E-state index in [0.717, 1.165) is 12.8 Å². The molecule has 29 heavy (non-hydrogen) atoms. The first-order chi connectivity index (χ1) is 13.9. The molecule has 0 amide bonds. The van der Waals surface area contributed by atoms with Gasteiger partial charge in [-0.1, -0.05) is 0 Å².